The second-order valence-electron chi connectivity index (χ2n) is 7.22. The highest BCUT2D eigenvalue weighted by Gasteiger charge is 2.37. The van der Waals surface area contributed by atoms with Gasteiger partial charge in [0.2, 0.25) is 5.91 Å². The third-order valence-electron chi connectivity index (χ3n) is 5.13. The van der Waals surface area contributed by atoms with E-state index in [1.54, 1.807) is 4.90 Å². The van der Waals surface area contributed by atoms with Crippen molar-refractivity contribution in [2.45, 2.75) is 38.8 Å². The Morgan fingerprint density at radius 1 is 1.31 bits per heavy atom. The molecule has 138 valence electrons. The topological polar surface area (TPSA) is 60.1 Å². The van der Waals surface area contributed by atoms with Crippen LogP contribution in [0.15, 0.2) is 23.0 Å². The maximum atomic E-state index is 13.9. The van der Waals surface area contributed by atoms with Gasteiger partial charge in [0.05, 0.1) is 6.54 Å². The van der Waals surface area contributed by atoms with Crippen molar-refractivity contribution in [3.8, 4) is 0 Å². The van der Waals surface area contributed by atoms with Gasteiger partial charge < -0.3 is 4.90 Å². The van der Waals surface area contributed by atoms with Gasteiger partial charge in [-0.25, -0.2) is 18.3 Å². The van der Waals surface area contributed by atoms with Crippen molar-refractivity contribution >= 4 is 5.91 Å². The Balaban J connectivity index is 1.64. The molecule has 0 bridgehead atoms. The first-order valence-corrected chi connectivity index (χ1v) is 8.85. The van der Waals surface area contributed by atoms with Crippen LogP contribution in [0.4, 0.5) is 8.78 Å². The van der Waals surface area contributed by atoms with Crippen LogP contribution in [0.5, 0.6) is 0 Å². The number of aromatic nitrogens is 3. The highest BCUT2D eigenvalue weighted by atomic mass is 19.1. The van der Waals surface area contributed by atoms with Crippen LogP contribution in [0.3, 0.4) is 0 Å². The average Bonchev–Trinajstić information content (AvgIpc) is 2.90. The van der Waals surface area contributed by atoms with Crippen LogP contribution in [-0.4, -0.2) is 38.2 Å². The van der Waals surface area contributed by atoms with Gasteiger partial charge in [-0.15, -0.1) is 0 Å². The van der Waals surface area contributed by atoms with Gasteiger partial charge in [0, 0.05) is 31.1 Å². The summed E-state index contributed by atoms with van der Waals surface area (Å²) in [5.74, 6) is -0.389. The van der Waals surface area contributed by atoms with Gasteiger partial charge in [0.15, 0.2) is 0 Å². The maximum Gasteiger partial charge on any atom is 0.346 e. The number of halogens is 2. The summed E-state index contributed by atoms with van der Waals surface area (Å²) in [6.45, 7) is 3.42. The van der Waals surface area contributed by atoms with E-state index in [1.807, 2.05) is 0 Å². The summed E-state index contributed by atoms with van der Waals surface area (Å²) in [7, 11) is 0. The Kier molecular flexibility index (Phi) is 4.13. The first kappa shape index (κ1) is 16.9. The molecule has 0 saturated carbocycles. The van der Waals surface area contributed by atoms with Crippen LogP contribution in [0.25, 0.3) is 0 Å². The molecule has 1 aromatic heterocycles. The average molecular weight is 362 g/mol. The van der Waals surface area contributed by atoms with Gasteiger partial charge in [-0.3, -0.25) is 9.36 Å². The molecule has 2 aliphatic heterocycles. The fraction of sp³-hybridized carbons (Fsp3) is 0.500. The molecule has 0 aliphatic carbocycles. The lowest BCUT2D eigenvalue weighted by Gasteiger charge is -2.40. The lowest BCUT2D eigenvalue weighted by Crippen LogP contribution is -2.52. The molecule has 0 radical (unpaired) electrons. The number of benzene rings is 1. The molecule has 6 nitrogen and oxygen atoms in total. The zero-order valence-electron chi connectivity index (χ0n) is 14.5. The predicted molar refractivity (Wildman–Crippen MR) is 89.7 cm³/mol. The summed E-state index contributed by atoms with van der Waals surface area (Å²) < 4.78 is 29.6. The fourth-order valence-corrected chi connectivity index (χ4v) is 3.77. The van der Waals surface area contributed by atoms with Crippen LogP contribution < -0.4 is 5.69 Å². The molecule has 1 aromatic carbocycles. The Labute approximate surface area is 149 Å². The third-order valence-corrected chi connectivity index (χ3v) is 5.13. The van der Waals surface area contributed by atoms with E-state index >= 15 is 0 Å². The monoisotopic (exact) mass is 362 g/mol. The van der Waals surface area contributed by atoms with E-state index in [1.165, 1.54) is 10.6 Å². The highest BCUT2D eigenvalue weighted by Crippen LogP contribution is 2.27. The molecule has 2 aliphatic rings. The number of carbonyl (C=O) groups excluding carboxylic acids is 1. The minimum atomic E-state index is -0.718. The second-order valence-corrected chi connectivity index (χ2v) is 7.22. The van der Waals surface area contributed by atoms with Gasteiger partial charge in [-0.2, -0.15) is 5.10 Å². The number of hydrogen-bond donors (Lipinski definition) is 0. The molecular formula is C18H20F2N4O2. The molecule has 4 rings (SSSR count). The number of amides is 1. The summed E-state index contributed by atoms with van der Waals surface area (Å²) in [6.07, 6.45) is 1.99. The Hall–Kier alpha value is -2.51. The van der Waals surface area contributed by atoms with Crippen molar-refractivity contribution < 1.29 is 13.6 Å². The molecular weight excluding hydrogens is 342 g/mol. The van der Waals surface area contributed by atoms with Crippen molar-refractivity contribution in [2.24, 2.45) is 5.92 Å². The Morgan fingerprint density at radius 3 is 2.77 bits per heavy atom. The number of hydrogen-bond acceptors (Lipinski definition) is 3. The Bertz CT molecular complexity index is 914. The zero-order chi connectivity index (χ0) is 18.4. The summed E-state index contributed by atoms with van der Waals surface area (Å²) >= 11 is 0. The first-order valence-electron chi connectivity index (χ1n) is 8.85. The molecule has 0 spiro atoms. The molecule has 1 fully saturated rings. The van der Waals surface area contributed by atoms with E-state index < -0.39 is 23.4 Å². The molecule has 1 unspecified atom stereocenters. The van der Waals surface area contributed by atoms with Gasteiger partial charge in [0.1, 0.15) is 23.5 Å². The predicted octanol–water partition coefficient (Wildman–Crippen LogP) is 1.73. The van der Waals surface area contributed by atoms with Crippen LogP contribution in [-0.2, 0) is 17.8 Å². The third kappa shape index (κ3) is 2.83. The summed E-state index contributed by atoms with van der Waals surface area (Å²) in [5, 5.41) is 4.30. The number of carbonyl (C=O) groups is 1. The molecule has 2 aromatic rings. The van der Waals surface area contributed by atoms with Crippen molar-refractivity contribution in [1.82, 2.24) is 19.2 Å². The summed E-state index contributed by atoms with van der Waals surface area (Å²) in [6, 6.07) is 2.70. The molecule has 1 atom stereocenters. The van der Waals surface area contributed by atoms with E-state index in [9.17, 15) is 18.4 Å². The van der Waals surface area contributed by atoms with E-state index in [4.69, 9.17) is 0 Å². The summed E-state index contributed by atoms with van der Waals surface area (Å²) in [5.41, 5.74) is -0.237. The van der Waals surface area contributed by atoms with Crippen molar-refractivity contribution in [3.63, 3.8) is 0 Å². The highest BCUT2D eigenvalue weighted by molar-refractivity contribution is 5.81. The minimum Gasteiger partial charge on any atom is -0.340 e. The number of aryl methyl sites for hydroxylation is 1. The molecule has 0 N–H and O–H groups in total. The molecule has 8 heteroatoms. The van der Waals surface area contributed by atoms with E-state index in [2.05, 4.69) is 12.0 Å². The maximum absolute atomic E-state index is 13.9. The lowest BCUT2D eigenvalue weighted by atomic mass is 9.98. The molecule has 3 heterocycles. The molecule has 1 saturated heterocycles. The zero-order valence-corrected chi connectivity index (χ0v) is 14.5. The van der Waals surface area contributed by atoms with Crippen LogP contribution in [0, 0.1) is 17.6 Å². The number of likely N-dealkylation sites (tertiary alicyclic amines) is 1. The first-order chi connectivity index (χ1) is 12.4. The van der Waals surface area contributed by atoms with Crippen molar-refractivity contribution in [2.75, 3.05) is 13.1 Å². The van der Waals surface area contributed by atoms with Gasteiger partial charge in [0.25, 0.3) is 0 Å². The Morgan fingerprint density at radius 2 is 2.08 bits per heavy atom. The smallest absolute Gasteiger partial charge is 0.340 e. The normalized spacial score (nSPS) is 20.0. The lowest BCUT2D eigenvalue weighted by molar-refractivity contribution is -0.141. The van der Waals surface area contributed by atoms with E-state index in [0.717, 1.165) is 23.2 Å². The quantitative estimate of drug-likeness (QED) is 0.836. The largest absolute Gasteiger partial charge is 0.346 e. The standard InChI is InChI=1S/C18H20F2N4O2/c1-11-8-22(9-11)17(25)15-3-2-4-16-21-23(18(26)24(15)16)10-12-5-6-13(19)7-14(12)20/h5-7,11,15H,2-4,8-10H2,1H3. The van der Waals surface area contributed by atoms with Crippen LogP contribution >= 0.6 is 0 Å². The fourth-order valence-electron chi connectivity index (χ4n) is 3.77. The second kappa shape index (κ2) is 6.34. The minimum absolute atomic E-state index is 0.0429. The SMILES string of the molecule is CC1CN(C(=O)C2CCCc3nn(Cc4ccc(F)cc4F)c(=O)n32)C1. The van der Waals surface area contributed by atoms with Gasteiger partial charge in [-0.1, -0.05) is 13.0 Å². The summed E-state index contributed by atoms with van der Waals surface area (Å²) in [4.78, 5) is 27.3. The van der Waals surface area contributed by atoms with Gasteiger partial charge >= 0.3 is 5.69 Å². The number of nitrogens with zero attached hydrogens (tertiary/aromatic N) is 4. The van der Waals surface area contributed by atoms with Crippen molar-refractivity contribution in [1.29, 1.82) is 0 Å². The molecule has 1 amide bonds. The van der Waals surface area contributed by atoms with Crippen molar-refractivity contribution in [3.05, 3.63) is 51.7 Å². The molecule has 26 heavy (non-hydrogen) atoms. The van der Waals surface area contributed by atoms with Gasteiger partial charge in [-0.05, 0) is 24.8 Å². The van der Waals surface area contributed by atoms with Crippen LogP contribution in [0.1, 0.15) is 37.2 Å². The number of fused-ring (bicyclic) bond motifs is 1. The van der Waals surface area contributed by atoms with E-state index in [-0.39, 0.29) is 18.0 Å². The van der Waals surface area contributed by atoms with E-state index in [0.29, 0.717) is 37.7 Å². The van der Waals surface area contributed by atoms with Crippen LogP contribution in [0.2, 0.25) is 0 Å². The number of rotatable bonds is 3.